The zero-order valence-corrected chi connectivity index (χ0v) is 9.96. The molecule has 0 amide bonds. The van der Waals surface area contributed by atoms with Gasteiger partial charge in [0.2, 0.25) is 0 Å². The minimum absolute atomic E-state index is 0.819. The quantitative estimate of drug-likeness (QED) is 0.629. The molecular formula is C14H13ClN. The molecule has 0 aliphatic heterocycles. The van der Waals surface area contributed by atoms with Crippen LogP contribution in [0.5, 0.6) is 0 Å². The molecule has 1 radical (unpaired) electrons. The molecule has 1 nitrogen and oxygen atoms in total. The van der Waals surface area contributed by atoms with E-state index in [1.807, 2.05) is 6.07 Å². The van der Waals surface area contributed by atoms with E-state index in [1.165, 1.54) is 22.4 Å². The van der Waals surface area contributed by atoms with Crippen LogP contribution in [-0.4, -0.2) is 4.57 Å². The zero-order valence-electron chi connectivity index (χ0n) is 9.20. The predicted octanol–water partition coefficient (Wildman–Crippen LogP) is 3.94. The summed E-state index contributed by atoms with van der Waals surface area (Å²) in [6.07, 6.45) is 5.37. The molecule has 0 saturated heterocycles. The van der Waals surface area contributed by atoms with Gasteiger partial charge in [-0.1, -0.05) is 24.6 Å². The summed E-state index contributed by atoms with van der Waals surface area (Å²) in [7, 11) is 0. The Bertz CT molecular complexity index is 540. The molecule has 0 unspecified atom stereocenters. The number of hydrogen-bond donors (Lipinski definition) is 0. The van der Waals surface area contributed by atoms with Crippen LogP contribution in [0.15, 0.2) is 30.5 Å². The summed E-state index contributed by atoms with van der Waals surface area (Å²) in [5, 5.41) is 0.819. The molecule has 1 aromatic heterocycles. The zero-order chi connectivity index (χ0) is 11.1. The van der Waals surface area contributed by atoms with Gasteiger partial charge >= 0.3 is 0 Å². The van der Waals surface area contributed by atoms with Crippen molar-refractivity contribution in [1.82, 2.24) is 4.57 Å². The van der Waals surface area contributed by atoms with Crippen LogP contribution in [0.3, 0.4) is 0 Å². The third-order valence-electron chi connectivity index (χ3n) is 3.13. The highest BCUT2D eigenvalue weighted by atomic mass is 35.5. The lowest BCUT2D eigenvalue weighted by Crippen LogP contribution is -1.97. The first-order valence-corrected chi connectivity index (χ1v) is 5.92. The van der Waals surface area contributed by atoms with Crippen molar-refractivity contribution in [1.29, 1.82) is 0 Å². The molecule has 0 bridgehead atoms. The first-order valence-electron chi connectivity index (χ1n) is 5.54. The van der Waals surface area contributed by atoms with Crippen LogP contribution in [0.2, 0.25) is 5.02 Å². The second kappa shape index (κ2) is 3.67. The van der Waals surface area contributed by atoms with Gasteiger partial charge in [0.1, 0.15) is 0 Å². The first-order chi connectivity index (χ1) is 7.79. The lowest BCUT2D eigenvalue weighted by Gasteiger charge is -2.07. The van der Waals surface area contributed by atoms with Crippen molar-refractivity contribution in [2.75, 3.05) is 0 Å². The van der Waals surface area contributed by atoms with Gasteiger partial charge in [-0.25, -0.2) is 0 Å². The van der Waals surface area contributed by atoms with Crippen molar-refractivity contribution in [3.63, 3.8) is 0 Å². The van der Waals surface area contributed by atoms with Crippen LogP contribution in [0.1, 0.15) is 18.1 Å². The van der Waals surface area contributed by atoms with Gasteiger partial charge < -0.3 is 4.57 Å². The Labute approximate surface area is 101 Å². The van der Waals surface area contributed by atoms with Crippen molar-refractivity contribution in [2.45, 2.75) is 19.9 Å². The SMILES string of the molecule is C[CH]Cn1ccc2c1-c1cc(Cl)ccc1C2. The Kier molecular flexibility index (Phi) is 2.29. The Morgan fingerprint density at radius 2 is 2.19 bits per heavy atom. The minimum atomic E-state index is 0.819. The third kappa shape index (κ3) is 1.39. The summed E-state index contributed by atoms with van der Waals surface area (Å²) in [6.45, 7) is 3.04. The molecule has 1 aromatic carbocycles. The summed E-state index contributed by atoms with van der Waals surface area (Å²) < 4.78 is 2.29. The maximum absolute atomic E-state index is 6.07. The van der Waals surface area contributed by atoms with Crippen molar-refractivity contribution in [3.05, 3.63) is 53.0 Å². The molecular weight excluding hydrogens is 218 g/mol. The summed E-state index contributed by atoms with van der Waals surface area (Å²) in [4.78, 5) is 0. The van der Waals surface area contributed by atoms with Gasteiger partial charge in [0.25, 0.3) is 0 Å². The fourth-order valence-electron chi connectivity index (χ4n) is 2.47. The largest absolute Gasteiger partial charge is 0.347 e. The van der Waals surface area contributed by atoms with Crippen LogP contribution >= 0.6 is 11.6 Å². The number of nitrogens with zero attached hydrogens (tertiary/aromatic N) is 1. The first kappa shape index (κ1) is 9.98. The fourth-order valence-corrected chi connectivity index (χ4v) is 2.64. The normalized spacial score (nSPS) is 12.6. The molecule has 0 fully saturated rings. The maximum Gasteiger partial charge on any atom is 0.0519 e. The molecule has 16 heavy (non-hydrogen) atoms. The van der Waals surface area contributed by atoms with E-state index < -0.39 is 0 Å². The van der Waals surface area contributed by atoms with Crippen LogP contribution in [0.4, 0.5) is 0 Å². The van der Waals surface area contributed by atoms with E-state index in [-0.39, 0.29) is 0 Å². The van der Waals surface area contributed by atoms with Gasteiger partial charge in [-0.2, -0.15) is 0 Å². The number of fused-ring (bicyclic) bond motifs is 3. The average molecular weight is 231 g/mol. The molecule has 0 N–H and O–H groups in total. The van der Waals surface area contributed by atoms with E-state index in [1.54, 1.807) is 0 Å². The van der Waals surface area contributed by atoms with Crippen molar-refractivity contribution in [2.24, 2.45) is 0 Å². The lowest BCUT2D eigenvalue weighted by molar-refractivity contribution is 0.793. The Morgan fingerprint density at radius 3 is 3.00 bits per heavy atom. The summed E-state index contributed by atoms with van der Waals surface area (Å²) in [5.74, 6) is 0. The molecule has 0 spiro atoms. The molecule has 1 aliphatic rings. The standard InChI is InChI=1S/C14H13ClN/c1-2-6-16-7-5-11-8-10-3-4-12(15)9-13(10)14(11)16/h2-5,7,9H,6,8H2,1H3. The van der Waals surface area contributed by atoms with Gasteiger partial charge in [0.15, 0.2) is 0 Å². The Hall–Kier alpha value is -1.21. The van der Waals surface area contributed by atoms with E-state index in [4.69, 9.17) is 11.6 Å². The molecule has 0 saturated carbocycles. The minimum Gasteiger partial charge on any atom is -0.347 e. The van der Waals surface area contributed by atoms with Gasteiger partial charge in [0.05, 0.1) is 5.69 Å². The molecule has 81 valence electrons. The van der Waals surface area contributed by atoms with Crippen LogP contribution in [0, 0.1) is 6.42 Å². The molecule has 0 atom stereocenters. The lowest BCUT2D eigenvalue weighted by atomic mass is 10.1. The van der Waals surface area contributed by atoms with Gasteiger partial charge in [0, 0.05) is 29.7 Å². The average Bonchev–Trinajstić information content (AvgIpc) is 2.79. The highest BCUT2D eigenvalue weighted by Crippen LogP contribution is 2.38. The smallest absolute Gasteiger partial charge is 0.0519 e. The number of benzene rings is 1. The summed E-state index contributed by atoms with van der Waals surface area (Å²) in [6, 6.07) is 8.40. The van der Waals surface area contributed by atoms with Crippen molar-refractivity contribution >= 4 is 11.6 Å². The Morgan fingerprint density at radius 1 is 1.31 bits per heavy atom. The van der Waals surface area contributed by atoms with Gasteiger partial charge in [-0.15, -0.1) is 0 Å². The molecule has 1 aliphatic carbocycles. The second-order valence-corrected chi connectivity index (χ2v) is 4.66. The molecule has 2 aromatic rings. The monoisotopic (exact) mass is 230 g/mol. The second-order valence-electron chi connectivity index (χ2n) is 4.23. The van der Waals surface area contributed by atoms with Gasteiger partial charge in [-0.3, -0.25) is 0 Å². The molecule has 3 rings (SSSR count). The highest BCUT2D eigenvalue weighted by molar-refractivity contribution is 6.30. The number of halogens is 1. The van der Waals surface area contributed by atoms with Crippen molar-refractivity contribution in [3.8, 4) is 11.3 Å². The Balaban J connectivity index is 2.17. The third-order valence-corrected chi connectivity index (χ3v) is 3.37. The highest BCUT2D eigenvalue weighted by Gasteiger charge is 2.21. The van der Waals surface area contributed by atoms with E-state index in [0.717, 1.165) is 18.0 Å². The fraction of sp³-hybridized carbons (Fsp3) is 0.214. The van der Waals surface area contributed by atoms with E-state index in [2.05, 4.69) is 42.3 Å². The maximum atomic E-state index is 6.07. The summed E-state index contributed by atoms with van der Waals surface area (Å²) >= 11 is 6.07. The topological polar surface area (TPSA) is 4.93 Å². The van der Waals surface area contributed by atoms with E-state index in [0.29, 0.717) is 0 Å². The van der Waals surface area contributed by atoms with Crippen molar-refractivity contribution < 1.29 is 0 Å². The van der Waals surface area contributed by atoms with Crippen LogP contribution < -0.4 is 0 Å². The van der Waals surface area contributed by atoms with Gasteiger partial charge in [-0.05, 0) is 35.7 Å². The van der Waals surface area contributed by atoms with E-state index in [9.17, 15) is 0 Å². The van der Waals surface area contributed by atoms with Crippen LogP contribution in [0.25, 0.3) is 11.3 Å². The van der Waals surface area contributed by atoms with Crippen LogP contribution in [-0.2, 0) is 13.0 Å². The number of rotatable bonds is 2. The number of hydrogen-bond acceptors (Lipinski definition) is 0. The predicted molar refractivity (Wildman–Crippen MR) is 67.7 cm³/mol. The summed E-state index contributed by atoms with van der Waals surface area (Å²) in [5.41, 5.74) is 5.45. The molecule has 2 heteroatoms. The van der Waals surface area contributed by atoms with E-state index >= 15 is 0 Å². The molecule has 1 heterocycles. The number of aromatic nitrogens is 1.